The first-order chi connectivity index (χ1) is 17.5. The molecule has 0 radical (unpaired) electrons. The van der Waals surface area contributed by atoms with Crippen molar-refractivity contribution in [2.24, 2.45) is 0 Å². The molecule has 0 spiro atoms. The molecule has 182 valence electrons. The number of hydrogen-bond donors (Lipinski definition) is 2. The third-order valence-electron chi connectivity index (χ3n) is 6.02. The fraction of sp³-hybridized carbons (Fsp3) is 0.185. The van der Waals surface area contributed by atoms with Gasteiger partial charge in [-0.15, -0.1) is 0 Å². The third-order valence-corrected chi connectivity index (χ3v) is 6.02. The number of para-hydroxylation sites is 1. The minimum atomic E-state index is -0.506. The van der Waals surface area contributed by atoms with Gasteiger partial charge in [0, 0.05) is 23.9 Å². The summed E-state index contributed by atoms with van der Waals surface area (Å²) >= 11 is 0. The molecule has 0 saturated heterocycles. The molecule has 0 aliphatic carbocycles. The summed E-state index contributed by atoms with van der Waals surface area (Å²) in [5, 5.41) is 5.54. The Bertz CT molecular complexity index is 1400. The lowest BCUT2D eigenvalue weighted by Gasteiger charge is -2.12. The molecule has 2 N–H and O–H groups in total. The molecule has 3 aromatic carbocycles. The van der Waals surface area contributed by atoms with E-state index in [-0.39, 0.29) is 35.0 Å². The van der Waals surface area contributed by atoms with Crippen molar-refractivity contribution in [3.8, 4) is 11.5 Å². The lowest BCUT2D eigenvalue weighted by molar-refractivity contribution is 0.0651. The summed E-state index contributed by atoms with van der Waals surface area (Å²) in [4.78, 5) is 52.5. The zero-order chi connectivity index (χ0) is 25.2. The second kappa shape index (κ2) is 9.53. The molecule has 4 amide bonds. The summed E-state index contributed by atoms with van der Waals surface area (Å²) in [6.45, 7) is 2.45. The van der Waals surface area contributed by atoms with E-state index in [9.17, 15) is 19.2 Å². The second-order valence-electron chi connectivity index (χ2n) is 8.40. The number of hydrogen-bond acceptors (Lipinski definition) is 6. The topological polar surface area (TPSA) is 114 Å². The normalized spacial score (nSPS) is 13.5. The van der Waals surface area contributed by atoms with Crippen LogP contribution in [-0.2, 0) is 0 Å². The number of ether oxygens (including phenoxy) is 2. The number of rotatable bonds is 7. The van der Waals surface area contributed by atoms with Crippen LogP contribution in [0.5, 0.6) is 11.5 Å². The number of benzene rings is 3. The van der Waals surface area contributed by atoms with Gasteiger partial charge >= 0.3 is 0 Å². The predicted molar refractivity (Wildman–Crippen MR) is 132 cm³/mol. The summed E-state index contributed by atoms with van der Waals surface area (Å²) in [6, 6.07) is 16.1. The van der Waals surface area contributed by atoms with Crippen LogP contribution in [-0.4, -0.2) is 41.9 Å². The highest BCUT2D eigenvalue weighted by Gasteiger charge is 2.35. The standard InChI is InChI=1S/C27H23N3O6/c1-2-3-12-30-26(33)18-10-8-16(13-20(18)27(30)34)24(31)29-21-7-5-4-6-19(21)25(32)28-17-9-11-22-23(14-17)36-15-35-22/h4-11,13-14H,2-3,12,15H2,1H3,(H,28,32)(H,29,31). The van der Waals surface area contributed by atoms with E-state index < -0.39 is 17.7 Å². The van der Waals surface area contributed by atoms with Gasteiger partial charge in [-0.05, 0) is 48.9 Å². The van der Waals surface area contributed by atoms with Gasteiger partial charge in [0.25, 0.3) is 23.6 Å². The number of unbranched alkanes of at least 4 members (excludes halogenated alkanes) is 1. The molecular weight excluding hydrogens is 462 g/mol. The fourth-order valence-corrected chi connectivity index (χ4v) is 4.11. The lowest BCUT2D eigenvalue weighted by Crippen LogP contribution is -2.30. The van der Waals surface area contributed by atoms with Gasteiger partial charge in [0.05, 0.1) is 22.4 Å². The van der Waals surface area contributed by atoms with Crippen LogP contribution in [0.3, 0.4) is 0 Å². The summed E-state index contributed by atoms with van der Waals surface area (Å²) in [7, 11) is 0. The van der Waals surface area contributed by atoms with Crippen LogP contribution < -0.4 is 20.1 Å². The third kappa shape index (κ3) is 4.26. The maximum Gasteiger partial charge on any atom is 0.261 e. The van der Waals surface area contributed by atoms with E-state index in [2.05, 4.69) is 10.6 Å². The monoisotopic (exact) mass is 485 g/mol. The fourth-order valence-electron chi connectivity index (χ4n) is 4.11. The minimum absolute atomic E-state index is 0.126. The Morgan fingerprint density at radius 3 is 2.47 bits per heavy atom. The first kappa shape index (κ1) is 23.1. The van der Waals surface area contributed by atoms with E-state index in [0.717, 1.165) is 6.42 Å². The Morgan fingerprint density at radius 2 is 1.64 bits per heavy atom. The molecule has 2 aliphatic heterocycles. The number of fused-ring (bicyclic) bond motifs is 2. The summed E-state index contributed by atoms with van der Waals surface area (Å²) in [5.41, 5.74) is 1.77. The van der Waals surface area contributed by atoms with E-state index in [4.69, 9.17) is 9.47 Å². The quantitative estimate of drug-likeness (QED) is 0.482. The SMILES string of the molecule is CCCCN1C(=O)c2ccc(C(=O)Nc3ccccc3C(=O)Nc3ccc4c(c3)OCO4)cc2C1=O. The molecule has 0 aromatic heterocycles. The van der Waals surface area contributed by atoms with E-state index in [1.54, 1.807) is 42.5 Å². The Balaban J connectivity index is 1.33. The van der Waals surface area contributed by atoms with E-state index >= 15 is 0 Å². The molecule has 0 fully saturated rings. The molecule has 9 nitrogen and oxygen atoms in total. The first-order valence-electron chi connectivity index (χ1n) is 11.6. The van der Waals surface area contributed by atoms with Crippen molar-refractivity contribution in [3.63, 3.8) is 0 Å². The van der Waals surface area contributed by atoms with Crippen LogP contribution >= 0.6 is 0 Å². The summed E-state index contributed by atoms with van der Waals surface area (Å²) in [5.74, 6) is -0.544. The number of nitrogens with zero attached hydrogens (tertiary/aromatic N) is 1. The van der Waals surface area contributed by atoms with Crippen LogP contribution in [0.2, 0.25) is 0 Å². The zero-order valence-corrected chi connectivity index (χ0v) is 19.5. The molecule has 0 atom stereocenters. The van der Waals surface area contributed by atoms with E-state index in [0.29, 0.717) is 35.8 Å². The Labute approximate surface area is 207 Å². The molecule has 2 heterocycles. The van der Waals surface area contributed by atoms with E-state index in [1.807, 2.05) is 6.92 Å². The number of anilines is 2. The average Bonchev–Trinajstić information content (AvgIpc) is 3.45. The highest BCUT2D eigenvalue weighted by atomic mass is 16.7. The smallest absolute Gasteiger partial charge is 0.261 e. The van der Waals surface area contributed by atoms with Gasteiger partial charge in [0.1, 0.15) is 0 Å². The Hall–Kier alpha value is -4.66. The van der Waals surface area contributed by atoms with Crippen molar-refractivity contribution in [2.75, 3.05) is 24.0 Å². The van der Waals surface area contributed by atoms with Crippen LogP contribution in [0.15, 0.2) is 60.7 Å². The molecule has 0 bridgehead atoms. The molecule has 0 saturated carbocycles. The maximum atomic E-state index is 13.0. The predicted octanol–water partition coefficient (Wildman–Crippen LogP) is 4.32. The number of nitrogens with one attached hydrogen (secondary N) is 2. The van der Waals surface area contributed by atoms with Gasteiger partial charge in [-0.3, -0.25) is 24.1 Å². The van der Waals surface area contributed by atoms with Crippen LogP contribution in [0.25, 0.3) is 0 Å². The lowest BCUT2D eigenvalue weighted by atomic mass is 10.0. The van der Waals surface area contributed by atoms with Crippen molar-refractivity contribution < 1.29 is 28.7 Å². The Kier molecular flexibility index (Phi) is 6.12. The maximum absolute atomic E-state index is 13.0. The van der Waals surface area contributed by atoms with Crippen molar-refractivity contribution >= 4 is 35.0 Å². The van der Waals surface area contributed by atoms with Gasteiger partial charge in [-0.25, -0.2) is 0 Å². The van der Waals surface area contributed by atoms with Crippen molar-refractivity contribution in [1.29, 1.82) is 0 Å². The number of carbonyl (C=O) groups is 4. The molecular formula is C27H23N3O6. The molecule has 3 aromatic rings. The van der Waals surface area contributed by atoms with Crippen LogP contribution in [0, 0.1) is 0 Å². The number of imide groups is 1. The molecule has 9 heteroatoms. The van der Waals surface area contributed by atoms with Gasteiger partial charge in [-0.1, -0.05) is 25.5 Å². The van der Waals surface area contributed by atoms with Gasteiger partial charge in [0.2, 0.25) is 6.79 Å². The largest absolute Gasteiger partial charge is 0.454 e. The summed E-state index contributed by atoms with van der Waals surface area (Å²) in [6.07, 6.45) is 1.56. The highest BCUT2D eigenvalue weighted by Crippen LogP contribution is 2.34. The van der Waals surface area contributed by atoms with E-state index in [1.165, 1.54) is 23.1 Å². The molecule has 36 heavy (non-hydrogen) atoms. The Morgan fingerprint density at radius 1 is 0.861 bits per heavy atom. The van der Waals surface area contributed by atoms with Gasteiger partial charge < -0.3 is 20.1 Å². The van der Waals surface area contributed by atoms with Crippen LogP contribution in [0.4, 0.5) is 11.4 Å². The van der Waals surface area contributed by atoms with Gasteiger partial charge in [-0.2, -0.15) is 0 Å². The van der Waals surface area contributed by atoms with Crippen molar-refractivity contribution in [1.82, 2.24) is 4.90 Å². The molecule has 5 rings (SSSR count). The number of carbonyl (C=O) groups excluding carboxylic acids is 4. The molecule has 2 aliphatic rings. The second-order valence-corrected chi connectivity index (χ2v) is 8.40. The summed E-state index contributed by atoms with van der Waals surface area (Å²) < 4.78 is 10.6. The highest BCUT2D eigenvalue weighted by molar-refractivity contribution is 6.22. The first-order valence-corrected chi connectivity index (χ1v) is 11.6. The van der Waals surface area contributed by atoms with Crippen molar-refractivity contribution in [3.05, 3.63) is 82.9 Å². The van der Waals surface area contributed by atoms with Gasteiger partial charge in [0.15, 0.2) is 11.5 Å². The van der Waals surface area contributed by atoms with Crippen molar-refractivity contribution in [2.45, 2.75) is 19.8 Å². The zero-order valence-electron chi connectivity index (χ0n) is 19.5. The average molecular weight is 485 g/mol. The van der Waals surface area contributed by atoms with Crippen LogP contribution in [0.1, 0.15) is 61.2 Å². The molecule has 0 unspecified atom stereocenters. The minimum Gasteiger partial charge on any atom is -0.454 e. The number of amides is 4.